The summed E-state index contributed by atoms with van der Waals surface area (Å²) in [5.74, 6) is 1.23. The lowest BCUT2D eigenvalue weighted by atomic mass is 10.6. The average Bonchev–Trinajstić information content (AvgIpc) is 1.90. The number of nitrogens with zero attached hydrogens (tertiary/aromatic N) is 2. The average molecular weight is 125 g/mol. The Kier molecular flexibility index (Phi) is 1.86. The third-order valence-corrected chi connectivity index (χ3v) is 1.01. The molecule has 1 aromatic heterocycles. The Balaban J connectivity index is 2.83. The van der Waals surface area contributed by atoms with Gasteiger partial charge in [-0.05, 0) is 6.07 Å². The van der Waals surface area contributed by atoms with Gasteiger partial charge in [0.1, 0.15) is 5.82 Å². The summed E-state index contributed by atoms with van der Waals surface area (Å²) in [4.78, 5) is 7.76. The minimum Gasteiger partial charge on any atom is -0.240 e. The number of hydrogen-bond donors (Lipinski definition) is 0. The molecule has 2 nitrogen and oxygen atoms in total. The second-order valence-corrected chi connectivity index (χ2v) is 1.60. The molecule has 1 heterocycles. The third-order valence-electron chi connectivity index (χ3n) is 0.748. The van der Waals surface area contributed by atoms with Crippen LogP contribution in [0.4, 0.5) is 0 Å². The van der Waals surface area contributed by atoms with Gasteiger partial charge in [-0.15, -0.1) is 0 Å². The molecule has 8 heavy (non-hydrogen) atoms. The molecule has 0 bridgehead atoms. The van der Waals surface area contributed by atoms with Gasteiger partial charge in [0.25, 0.3) is 0 Å². The highest BCUT2D eigenvalue weighted by molar-refractivity contribution is 7.79. The number of hydrogen-bond acceptors (Lipinski definition) is 2. The van der Waals surface area contributed by atoms with Crippen molar-refractivity contribution >= 4 is 12.6 Å². The van der Waals surface area contributed by atoms with Crippen LogP contribution in [0.1, 0.15) is 5.82 Å². The van der Waals surface area contributed by atoms with Crippen molar-refractivity contribution in [2.45, 2.75) is 5.75 Å². The van der Waals surface area contributed by atoms with E-state index in [9.17, 15) is 0 Å². The number of rotatable bonds is 1. The van der Waals surface area contributed by atoms with Crippen LogP contribution in [0.25, 0.3) is 0 Å². The van der Waals surface area contributed by atoms with Crippen LogP contribution in [0.3, 0.4) is 0 Å². The van der Waals surface area contributed by atoms with Crippen LogP contribution in [0.15, 0.2) is 18.5 Å². The molecular formula is C5H5N2S. The van der Waals surface area contributed by atoms with Crippen molar-refractivity contribution in [3.05, 3.63) is 24.3 Å². The van der Waals surface area contributed by atoms with Gasteiger partial charge in [0.05, 0.1) is 5.75 Å². The van der Waals surface area contributed by atoms with E-state index in [-0.39, 0.29) is 0 Å². The van der Waals surface area contributed by atoms with Gasteiger partial charge in [0, 0.05) is 12.4 Å². The predicted molar refractivity (Wildman–Crippen MR) is 33.3 cm³/mol. The maximum absolute atomic E-state index is 4.69. The van der Waals surface area contributed by atoms with Crippen LogP contribution >= 0.6 is 12.6 Å². The van der Waals surface area contributed by atoms with E-state index in [0.717, 1.165) is 5.82 Å². The van der Waals surface area contributed by atoms with Crippen LogP contribution in [0, 0.1) is 0 Å². The van der Waals surface area contributed by atoms with E-state index in [2.05, 4.69) is 9.97 Å². The molecule has 41 valence electrons. The molecular weight excluding hydrogens is 120 g/mol. The summed E-state index contributed by atoms with van der Waals surface area (Å²) in [6, 6.07) is 1.77. The smallest absolute Gasteiger partial charge is 0.138 e. The molecule has 0 N–H and O–H groups in total. The van der Waals surface area contributed by atoms with Crippen LogP contribution < -0.4 is 0 Å². The molecule has 1 rings (SSSR count). The topological polar surface area (TPSA) is 25.8 Å². The molecule has 3 heteroatoms. The van der Waals surface area contributed by atoms with Crippen molar-refractivity contribution in [3.8, 4) is 0 Å². The Bertz CT molecular complexity index is 152. The van der Waals surface area contributed by atoms with Gasteiger partial charge in [-0.25, -0.2) is 9.97 Å². The molecule has 0 aliphatic rings. The van der Waals surface area contributed by atoms with Crippen LogP contribution in [-0.2, 0) is 5.75 Å². The summed E-state index contributed by atoms with van der Waals surface area (Å²) in [6.07, 6.45) is 3.38. The minimum absolute atomic E-state index is 0.501. The highest BCUT2D eigenvalue weighted by atomic mass is 32.1. The molecule has 0 saturated carbocycles. The minimum atomic E-state index is 0.501. The monoisotopic (exact) mass is 125 g/mol. The second kappa shape index (κ2) is 2.67. The largest absolute Gasteiger partial charge is 0.240 e. The first kappa shape index (κ1) is 5.56. The van der Waals surface area contributed by atoms with E-state index in [1.807, 2.05) is 0 Å². The zero-order valence-electron chi connectivity index (χ0n) is 4.24. The fourth-order valence-corrected chi connectivity index (χ4v) is 0.554. The van der Waals surface area contributed by atoms with Crippen molar-refractivity contribution in [1.29, 1.82) is 0 Å². The lowest BCUT2D eigenvalue weighted by molar-refractivity contribution is 1.04. The molecule has 1 aromatic rings. The standard InChI is InChI=1S/C5H5N2S/c8-4-5-6-2-1-3-7-5/h1-3H,4H2. The molecule has 0 amide bonds. The molecule has 0 atom stereocenters. The molecule has 0 spiro atoms. The van der Waals surface area contributed by atoms with E-state index in [1.165, 1.54) is 0 Å². The van der Waals surface area contributed by atoms with Gasteiger partial charge in [0.2, 0.25) is 0 Å². The Morgan fingerprint density at radius 2 is 2.00 bits per heavy atom. The molecule has 0 aliphatic carbocycles. The SMILES string of the molecule is [S]Cc1ncccn1. The summed E-state index contributed by atoms with van der Waals surface area (Å²) in [5.41, 5.74) is 0. The summed E-state index contributed by atoms with van der Waals surface area (Å²) in [6.45, 7) is 0. The van der Waals surface area contributed by atoms with E-state index in [0.29, 0.717) is 5.75 Å². The predicted octanol–water partition coefficient (Wildman–Crippen LogP) is 1.17. The van der Waals surface area contributed by atoms with Gasteiger partial charge < -0.3 is 0 Å². The zero-order chi connectivity index (χ0) is 5.82. The maximum Gasteiger partial charge on any atom is 0.138 e. The maximum atomic E-state index is 4.69. The Morgan fingerprint density at radius 1 is 1.38 bits per heavy atom. The van der Waals surface area contributed by atoms with Crippen LogP contribution in [0.5, 0.6) is 0 Å². The third kappa shape index (κ3) is 1.20. The molecule has 0 aliphatic heterocycles. The van der Waals surface area contributed by atoms with Crippen molar-refractivity contribution in [2.24, 2.45) is 0 Å². The fraction of sp³-hybridized carbons (Fsp3) is 0.200. The Morgan fingerprint density at radius 3 is 2.38 bits per heavy atom. The molecule has 1 radical (unpaired) electrons. The summed E-state index contributed by atoms with van der Waals surface area (Å²) in [7, 11) is 0. The summed E-state index contributed by atoms with van der Waals surface area (Å²) in [5, 5.41) is 0. The van der Waals surface area contributed by atoms with Crippen molar-refractivity contribution in [2.75, 3.05) is 0 Å². The normalized spacial score (nSPS) is 9.12. The summed E-state index contributed by atoms with van der Waals surface area (Å²) >= 11 is 4.69. The molecule has 0 unspecified atom stereocenters. The lowest BCUT2D eigenvalue weighted by Gasteiger charge is -1.86. The summed E-state index contributed by atoms with van der Waals surface area (Å²) < 4.78 is 0. The second-order valence-electron chi connectivity index (χ2n) is 1.31. The molecule has 0 aromatic carbocycles. The first-order valence-corrected chi connectivity index (χ1v) is 2.85. The van der Waals surface area contributed by atoms with Crippen molar-refractivity contribution in [3.63, 3.8) is 0 Å². The van der Waals surface area contributed by atoms with Crippen LogP contribution in [0.2, 0.25) is 0 Å². The van der Waals surface area contributed by atoms with E-state index >= 15 is 0 Å². The van der Waals surface area contributed by atoms with Gasteiger partial charge in [-0.2, -0.15) is 0 Å². The van der Waals surface area contributed by atoms with Crippen LogP contribution in [-0.4, -0.2) is 9.97 Å². The van der Waals surface area contributed by atoms with Gasteiger partial charge in [0.15, 0.2) is 0 Å². The van der Waals surface area contributed by atoms with Gasteiger partial charge in [-0.3, -0.25) is 0 Å². The first-order valence-electron chi connectivity index (χ1n) is 2.27. The van der Waals surface area contributed by atoms with Crippen molar-refractivity contribution in [1.82, 2.24) is 9.97 Å². The van der Waals surface area contributed by atoms with Crippen molar-refractivity contribution < 1.29 is 0 Å². The van der Waals surface area contributed by atoms with E-state index < -0.39 is 0 Å². The van der Waals surface area contributed by atoms with Gasteiger partial charge in [-0.1, -0.05) is 12.6 Å². The molecule has 0 saturated heterocycles. The highest BCUT2D eigenvalue weighted by Crippen LogP contribution is 1.90. The van der Waals surface area contributed by atoms with E-state index in [1.54, 1.807) is 18.5 Å². The molecule has 0 fully saturated rings. The van der Waals surface area contributed by atoms with Gasteiger partial charge >= 0.3 is 0 Å². The lowest BCUT2D eigenvalue weighted by Crippen LogP contribution is -1.86. The number of aromatic nitrogens is 2. The Hall–Kier alpha value is -0.570. The zero-order valence-corrected chi connectivity index (χ0v) is 5.06. The quantitative estimate of drug-likeness (QED) is 0.563. The highest BCUT2D eigenvalue weighted by Gasteiger charge is 1.84. The Labute approximate surface area is 53.4 Å². The van der Waals surface area contributed by atoms with E-state index in [4.69, 9.17) is 12.6 Å². The fourth-order valence-electron chi connectivity index (χ4n) is 0.405. The first-order chi connectivity index (χ1) is 3.93.